The molecule has 1 unspecified atom stereocenters. The van der Waals surface area contributed by atoms with Crippen LogP contribution in [0.1, 0.15) is 39.0 Å². The lowest BCUT2D eigenvalue weighted by Crippen LogP contribution is -2.49. The highest BCUT2D eigenvalue weighted by Crippen LogP contribution is 2.28. The fraction of sp³-hybridized carbons (Fsp3) is 0.240. The van der Waals surface area contributed by atoms with Crippen LogP contribution in [0.3, 0.4) is 0 Å². The number of aliphatic imine (C=N–C) groups is 2. The predicted molar refractivity (Wildman–Crippen MR) is 136 cm³/mol. The zero-order valence-electron chi connectivity index (χ0n) is 20.9. The average molecular weight is 548 g/mol. The van der Waals surface area contributed by atoms with Gasteiger partial charge in [-0.1, -0.05) is 17.7 Å². The Labute approximate surface area is 221 Å². The first-order valence-electron chi connectivity index (χ1n) is 11.2. The number of aliphatic hydroxyl groups is 1. The number of amidine groups is 1. The van der Waals surface area contributed by atoms with E-state index in [-0.39, 0.29) is 22.9 Å². The minimum Gasteiger partial charge on any atom is -0.613 e. The van der Waals surface area contributed by atoms with Gasteiger partial charge in [0.05, 0.1) is 11.8 Å². The van der Waals surface area contributed by atoms with Crippen LogP contribution in [0, 0.1) is 16.8 Å². The second kappa shape index (κ2) is 11.3. The van der Waals surface area contributed by atoms with E-state index >= 15 is 0 Å². The van der Waals surface area contributed by atoms with Crippen molar-refractivity contribution in [3.05, 3.63) is 105 Å². The van der Waals surface area contributed by atoms with Crippen molar-refractivity contribution in [1.82, 2.24) is 9.55 Å². The topological polar surface area (TPSA) is 129 Å². The number of quaternary nitrogens is 1. The fourth-order valence-electron chi connectivity index (χ4n) is 3.26. The Bertz CT molecular complexity index is 1470. The summed E-state index contributed by atoms with van der Waals surface area (Å²) in [5.41, 5.74) is -2.22. The Morgan fingerprint density at radius 2 is 2.08 bits per heavy atom. The van der Waals surface area contributed by atoms with E-state index in [9.17, 15) is 28.7 Å². The van der Waals surface area contributed by atoms with Crippen molar-refractivity contribution in [1.29, 1.82) is 0 Å². The number of hydrogen-bond donors (Lipinski definition) is 1. The second-order valence-corrected chi connectivity index (χ2v) is 8.93. The van der Waals surface area contributed by atoms with Gasteiger partial charge in [0.15, 0.2) is 5.82 Å². The van der Waals surface area contributed by atoms with Crippen LogP contribution < -0.4 is 5.56 Å². The average Bonchev–Trinajstić information content (AvgIpc) is 2.85. The molecule has 0 fully saturated rings. The van der Waals surface area contributed by atoms with E-state index in [0.29, 0.717) is 6.07 Å². The number of halogens is 3. The van der Waals surface area contributed by atoms with Gasteiger partial charge in [0.2, 0.25) is 16.8 Å². The third-order valence-corrected chi connectivity index (χ3v) is 5.62. The molecular weight excluding hydrogens is 524 g/mol. The van der Waals surface area contributed by atoms with Crippen molar-refractivity contribution in [3.8, 4) is 0 Å². The molecule has 1 aliphatic rings. The van der Waals surface area contributed by atoms with E-state index < -0.39 is 50.9 Å². The maximum atomic E-state index is 13.9. The van der Waals surface area contributed by atoms with Gasteiger partial charge in [0, 0.05) is 37.0 Å². The number of carbonyl (C=O) groups is 1. The molecule has 1 atom stereocenters. The van der Waals surface area contributed by atoms with Crippen molar-refractivity contribution >= 4 is 29.2 Å². The fourth-order valence-corrected chi connectivity index (χ4v) is 3.48. The van der Waals surface area contributed by atoms with Crippen molar-refractivity contribution in [2.24, 2.45) is 9.98 Å². The zero-order valence-corrected chi connectivity index (χ0v) is 21.6. The summed E-state index contributed by atoms with van der Waals surface area (Å²) < 4.78 is 31.5. The lowest BCUT2D eigenvalue weighted by Gasteiger charge is -2.36. The van der Waals surface area contributed by atoms with Crippen LogP contribution in [0.5, 0.6) is 0 Å². The Balaban J connectivity index is 1.94. The molecule has 200 valence electrons. The Morgan fingerprint density at radius 3 is 2.71 bits per heavy atom. The van der Waals surface area contributed by atoms with E-state index in [4.69, 9.17) is 16.3 Å². The summed E-state index contributed by atoms with van der Waals surface area (Å²) >= 11 is 6.08. The van der Waals surface area contributed by atoms with Crippen molar-refractivity contribution in [3.63, 3.8) is 0 Å². The Hall–Kier alpha value is -3.84. The molecule has 0 aliphatic carbocycles. The maximum absolute atomic E-state index is 13.9. The largest absolute Gasteiger partial charge is 0.613 e. The lowest BCUT2D eigenvalue weighted by atomic mass is 10.0. The van der Waals surface area contributed by atoms with Crippen LogP contribution in [0.15, 0.2) is 80.8 Å². The van der Waals surface area contributed by atoms with Gasteiger partial charge < -0.3 is 15.1 Å². The maximum Gasteiger partial charge on any atom is 0.373 e. The van der Waals surface area contributed by atoms with Crippen LogP contribution in [0.4, 0.5) is 8.78 Å². The van der Waals surface area contributed by atoms with E-state index in [1.165, 1.54) is 45.3 Å². The highest BCUT2D eigenvalue weighted by atomic mass is 35.5. The quantitative estimate of drug-likeness (QED) is 0.242. The molecular formula is C25H24ClF2N5O5. The third-order valence-electron chi connectivity index (χ3n) is 5.29. The monoisotopic (exact) mass is 547 g/mol. The number of rotatable bonds is 7. The molecule has 0 saturated heterocycles. The number of ether oxygens (including phenoxy) is 1. The van der Waals surface area contributed by atoms with Crippen LogP contribution >= 0.6 is 11.6 Å². The summed E-state index contributed by atoms with van der Waals surface area (Å²) in [5.74, 6) is -3.79. The van der Waals surface area contributed by atoms with Crippen LogP contribution in [0.2, 0.25) is 0 Å². The Kier molecular flexibility index (Phi) is 8.52. The SMILES string of the molecule is C/C=C/N=C(C=C[N+]1([O-])C(=O)C(Cl)=C(OCc2ncc(F)cc2F)N=C1C)n1cccc(C(C)(C)O)c1=O. The molecule has 10 nitrogen and oxygen atoms in total. The van der Waals surface area contributed by atoms with Crippen molar-refractivity contribution < 1.29 is 28.1 Å². The highest BCUT2D eigenvalue weighted by Gasteiger charge is 2.39. The van der Waals surface area contributed by atoms with Crippen LogP contribution in [0.25, 0.3) is 0 Å². The molecule has 0 saturated carbocycles. The number of aromatic nitrogens is 2. The number of hydrogen-bond acceptors (Lipinski definition) is 8. The standard InChI is InChI=1S/C25H24ClF2N5O5/c1-5-9-29-20(32-10-6-7-17(23(32)34)25(3,4)36)8-11-33(37)15(2)31-22(21(26)24(33)35)38-14-19-18(28)12-16(27)13-30-19/h5-13,36H,14H2,1-4H3/b9-5+,11-8?,29-20?. The normalized spacial score (nSPS) is 19.0. The molecule has 0 bridgehead atoms. The van der Waals surface area contributed by atoms with Gasteiger partial charge in [-0.3, -0.25) is 14.3 Å². The smallest absolute Gasteiger partial charge is 0.373 e. The van der Waals surface area contributed by atoms with Gasteiger partial charge in [-0.25, -0.2) is 23.2 Å². The molecule has 2 aromatic rings. The number of pyridine rings is 2. The molecule has 0 spiro atoms. The van der Waals surface area contributed by atoms with E-state index in [2.05, 4.69) is 15.0 Å². The molecule has 2 aromatic heterocycles. The third kappa shape index (κ3) is 6.00. The first kappa shape index (κ1) is 28.7. The van der Waals surface area contributed by atoms with Gasteiger partial charge in [0.25, 0.3) is 5.56 Å². The molecule has 1 N–H and O–H groups in total. The molecule has 0 radical (unpaired) electrons. The van der Waals surface area contributed by atoms with E-state index in [0.717, 1.165) is 23.0 Å². The van der Waals surface area contributed by atoms with Gasteiger partial charge in [0.1, 0.15) is 30.2 Å². The van der Waals surface area contributed by atoms with Crippen LogP contribution in [-0.2, 0) is 21.7 Å². The predicted octanol–water partition coefficient (Wildman–Crippen LogP) is 3.94. The van der Waals surface area contributed by atoms with E-state index in [1.807, 2.05) is 0 Å². The first-order chi connectivity index (χ1) is 17.8. The van der Waals surface area contributed by atoms with Crippen molar-refractivity contribution in [2.75, 3.05) is 0 Å². The van der Waals surface area contributed by atoms with Gasteiger partial charge in [-0.15, -0.1) is 0 Å². The van der Waals surface area contributed by atoms with Gasteiger partial charge >= 0.3 is 5.91 Å². The molecule has 3 heterocycles. The minimum atomic E-state index is -1.76. The summed E-state index contributed by atoms with van der Waals surface area (Å²) in [6, 6.07) is 3.60. The lowest BCUT2D eigenvalue weighted by molar-refractivity contribution is -0.647. The molecule has 1 aliphatic heterocycles. The highest BCUT2D eigenvalue weighted by molar-refractivity contribution is 6.42. The zero-order chi connectivity index (χ0) is 28.3. The number of carbonyl (C=O) groups excluding carboxylic acids is 1. The summed E-state index contributed by atoms with van der Waals surface area (Å²) in [4.78, 5) is 37.7. The second-order valence-electron chi connectivity index (χ2n) is 8.55. The number of nitrogens with zero attached hydrogens (tertiary/aromatic N) is 5. The van der Waals surface area contributed by atoms with Gasteiger partial charge in [-0.2, -0.15) is 4.99 Å². The molecule has 3 rings (SSSR count). The van der Waals surface area contributed by atoms with Gasteiger partial charge in [-0.05, 0) is 32.9 Å². The molecule has 38 heavy (non-hydrogen) atoms. The minimum absolute atomic E-state index is 0.0341. The summed E-state index contributed by atoms with van der Waals surface area (Å²) in [6.07, 6.45) is 7.18. The number of hydroxylamine groups is 3. The first-order valence-corrected chi connectivity index (χ1v) is 11.5. The molecule has 0 aromatic carbocycles. The summed E-state index contributed by atoms with van der Waals surface area (Å²) in [6.45, 7) is 5.31. The molecule has 13 heteroatoms. The van der Waals surface area contributed by atoms with Crippen molar-refractivity contribution in [2.45, 2.75) is 39.9 Å². The van der Waals surface area contributed by atoms with Crippen LogP contribution in [-0.4, -0.2) is 36.9 Å². The Morgan fingerprint density at radius 1 is 1.37 bits per heavy atom. The molecule has 1 amide bonds. The summed E-state index contributed by atoms with van der Waals surface area (Å²) in [5, 5.41) is 23.2. The number of amides is 1. The summed E-state index contributed by atoms with van der Waals surface area (Å²) in [7, 11) is 0. The van der Waals surface area contributed by atoms with E-state index in [1.54, 1.807) is 13.0 Å². The number of allylic oxidation sites excluding steroid dienone is 2.